The van der Waals surface area contributed by atoms with Gasteiger partial charge in [-0.2, -0.15) is 0 Å². The van der Waals surface area contributed by atoms with Crippen molar-refractivity contribution in [2.24, 2.45) is 5.92 Å². The first-order valence-corrected chi connectivity index (χ1v) is 8.21. The molecule has 122 valence electrons. The maximum Gasteiger partial charge on any atom is 0.150 e. The molecule has 0 saturated carbocycles. The van der Waals surface area contributed by atoms with Crippen LogP contribution in [-0.2, 0) is 4.74 Å². The lowest BCUT2D eigenvalue weighted by Crippen LogP contribution is -2.31. The van der Waals surface area contributed by atoms with Gasteiger partial charge in [0.1, 0.15) is 5.35 Å². The number of halogens is 1. The molecule has 0 unspecified atom stereocenters. The highest BCUT2D eigenvalue weighted by molar-refractivity contribution is 5.53. The molecule has 0 spiro atoms. The fourth-order valence-corrected chi connectivity index (χ4v) is 2.59. The van der Waals surface area contributed by atoms with Crippen molar-refractivity contribution in [1.29, 1.82) is 0 Å². The average molecular weight is 306 g/mol. The molecule has 0 radical (unpaired) electrons. The van der Waals surface area contributed by atoms with Gasteiger partial charge in [0.05, 0.1) is 11.7 Å². The highest BCUT2D eigenvalue weighted by atomic mass is 19.1. The first-order chi connectivity index (χ1) is 10.5. The number of nitrogens with zero attached hydrogens (tertiary/aromatic N) is 2. The summed E-state index contributed by atoms with van der Waals surface area (Å²) in [5.74, 6) is 0.158. The van der Waals surface area contributed by atoms with Gasteiger partial charge < -0.3 is 9.30 Å². The lowest BCUT2D eigenvalue weighted by molar-refractivity contribution is 0.198. The minimum atomic E-state index is -0.211. The van der Waals surface area contributed by atoms with Crippen LogP contribution in [-0.4, -0.2) is 22.8 Å². The van der Waals surface area contributed by atoms with Gasteiger partial charge in [-0.15, -0.1) is 0 Å². The summed E-state index contributed by atoms with van der Waals surface area (Å²) in [7, 11) is 0. The molecule has 0 aromatic carbocycles. The summed E-state index contributed by atoms with van der Waals surface area (Å²) in [5, 5.41) is 1.39. The highest BCUT2D eigenvalue weighted by Gasteiger charge is 2.11. The summed E-state index contributed by atoms with van der Waals surface area (Å²) in [6.07, 6.45) is 8.81. The topological polar surface area (TPSA) is 27.1 Å². The van der Waals surface area contributed by atoms with Crippen LogP contribution in [0, 0.1) is 5.92 Å². The van der Waals surface area contributed by atoms with Crippen LogP contribution in [0.25, 0.3) is 11.9 Å². The Morgan fingerprint density at radius 3 is 2.36 bits per heavy atom. The van der Waals surface area contributed by atoms with Crippen molar-refractivity contribution in [3.63, 3.8) is 0 Å². The molecular formula is C18H27FN2O. The Hall–Kier alpha value is -1.42. The molecule has 2 heterocycles. The molecule has 1 fully saturated rings. The Bertz CT molecular complexity index is 629. The Labute approximate surface area is 132 Å². The molecule has 0 amide bonds. The van der Waals surface area contributed by atoms with Crippen LogP contribution in [0.2, 0.25) is 0 Å². The predicted octanol–water partition coefficient (Wildman–Crippen LogP) is 3.11. The molecule has 0 N–H and O–H groups in total. The minimum absolute atomic E-state index is 0.211. The molecule has 1 aliphatic heterocycles. The fourth-order valence-electron chi connectivity index (χ4n) is 2.59. The lowest BCUT2D eigenvalue weighted by Gasteiger charge is -2.08. The van der Waals surface area contributed by atoms with Crippen LogP contribution in [0.1, 0.15) is 53.0 Å². The maximum absolute atomic E-state index is 14.1. The number of hydrogen-bond donors (Lipinski definition) is 0. The van der Waals surface area contributed by atoms with Gasteiger partial charge in [0, 0.05) is 19.3 Å². The van der Waals surface area contributed by atoms with Crippen LogP contribution in [0.5, 0.6) is 0 Å². The average Bonchev–Trinajstić information content (AvgIpc) is 3.12. The zero-order chi connectivity index (χ0) is 16.1. The molecule has 3 rings (SSSR count). The number of ether oxygens (including phenoxy) is 1. The fraction of sp³-hybridized carbons (Fsp3) is 0.611. The number of aromatic nitrogens is 2. The van der Waals surface area contributed by atoms with E-state index in [0.717, 1.165) is 30.6 Å². The van der Waals surface area contributed by atoms with Gasteiger partial charge in [0.25, 0.3) is 0 Å². The van der Waals surface area contributed by atoms with Crippen molar-refractivity contribution in [2.75, 3.05) is 13.2 Å². The Morgan fingerprint density at radius 1 is 1.18 bits per heavy atom. The number of fused-ring (bicyclic) bond motifs is 1. The largest absolute Gasteiger partial charge is 0.381 e. The number of imidazole rings is 1. The van der Waals surface area contributed by atoms with Crippen LogP contribution in [0.15, 0.2) is 18.0 Å². The lowest BCUT2D eigenvalue weighted by atomic mass is 10.00. The van der Waals surface area contributed by atoms with Crippen molar-refractivity contribution < 1.29 is 9.13 Å². The monoisotopic (exact) mass is 306 g/mol. The van der Waals surface area contributed by atoms with Crippen LogP contribution in [0.3, 0.4) is 0 Å². The standard InChI is InChI=1S/C14H19FN2.C4H8O/c1-9(2)11-5-6-13-14(12(15)7-11)16-8-17(13)10(3)4;1-2-4-5-3-1/h6-10H,5H2,1-4H3;1-4H2. The van der Waals surface area contributed by atoms with Crippen LogP contribution >= 0.6 is 0 Å². The third kappa shape index (κ3) is 4.07. The molecule has 0 bridgehead atoms. The van der Waals surface area contributed by atoms with E-state index < -0.39 is 0 Å². The summed E-state index contributed by atoms with van der Waals surface area (Å²) < 4.78 is 21.0. The molecule has 1 aromatic rings. The van der Waals surface area contributed by atoms with E-state index in [4.69, 9.17) is 4.74 Å². The molecule has 0 atom stereocenters. The maximum atomic E-state index is 14.1. The van der Waals surface area contributed by atoms with Gasteiger partial charge >= 0.3 is 0 Å². The quantitative estimate of drug-likeness (QED) is 0.839. The number of allylic oxidation sites excluding steroid dienone is 2. The van der Waals surface area contributed by atoms with Crippen molar-refractivity contribution in [2.45, 2.75) is 53.0 Å². The molecule has 2 aliphatic rings. The second-order valence-electron chi connectivity index (χ2n) is 6.43. The Balaban J connectivity index is 0.000000299. The number of rotatable bonds is 2. The Morgan fingerprint density at radius 2 is 1.86 bits per heavy atom. The van der Waals surface area contributed by atoms with Gasteiger partial charge in [-0.3, -0.25) is 0 Å². The third-order valence-electron chi connectivity index (χ3n) is 4.03. The molecule has 4 heteroatoms. The minimum Gasteiger partial charge on any atom is -0.381 e. The van der Waals surface area contributed by atoms with E-state index in [-0.39, 0.29) is 5.83 Å². The highest BCUT2D eigenvalue weighted by Crippen LogP contribution is 2.18. The summed E-state index contributed by atoms with van der Waals surface area (Å²) in [6.45, 7) is 10.3. The van der Waals surface area contributed by atoms with Crippen molar-refractivity contribution >= 4 is 11.9 Å². The second kappa shape index (κ2) is 7.73. The predicted molar refractivity (Wildman–Crippen MR) is 88.4 cm³/mol. The molecule has 1 aromatic heterocycles. The molecule has 1 aliphatic carbocycles. The summed E-state index contributed by atoms with van der Waals surface area (Å²) >= 11 is 0. The van der Waals surface area contributed by atoms with Crippen molar-refractivity contribution in [3.8, 4) is 0 Å². The molecule has 22 heavy (non-hydrogen) atoms. The zero-order valence-corrected chi connectivity index (χ0v) is 14.1. The zero-order valence-electron chi connectivity index (χ0n) is 14.1. The normalized spacial score (nSPS) is 17.6. The summed E-state index contributed by atoms with van der Waals surface area (Å²) in [4.78, 5) is 4.19. The van der Waals surface area contributed by atoms with Gasteiger partial charge in [-0.1, -0.05) is 25.5 Å². The van der Waals surface area contributed by atoms with Crippen molar-refractivity contribution in [3.05, 3.63) is 28.7 Å². The van der Waals surface area contributed by atoms with E-state index in [0.29, 0.717) is 17.3 Å². The van der Waals surface area contributed by atoms with Gasteiger partial charge in [-0.05, 0) is 45.1 Å². The van der Waals surface area contributed by atoms with E-state index in [1.165, 1.54) is 12.8 Å². The van der Waals surface area contributed by atoms with Crippen molar-refractivity contribution in [1.82, 2.24) is 9.55 Å². The van der Waals surface area contributed by atoms with E-state index in [2.05, 4.69) is 38.8 Å². The molecule has 1 saturated heterocycles. The summed E-state index contributed by atoms with van der Waals surface area (Å²) in [5.41, 5.74) is 1.12. The van der Waals surface area contributed by atoms with Gasteiger partial charge in [0.15, 0.2) is 5.83 Å². The molecule has 3 nitrogen and oxygen atoms in total. The van der Waals surface area contributed by atoms with E-state index in [9.17, 15) is 4.39 Å². The number of hydrogen-bond acceptors (Lipinski definition) is 2. The van der Waals surface area contributed by atoms with Crippen LogP contribution < -0.4 is 10.7 Å². The van der Waals surface area contributed by atoms with Crippen LogP contribution in [0.4, 0.5) is 4.39 Å². The smallest absolute Gasteiger partial charge is 0.150 e. The first kappa shape index (κ1) is 16.9. The van der Waals surface area contributed by atoms with Gasteiger partial charge in [-0.25, -0.2) is 9.37 Å². The van der Waals surface area contributed by atoms with E-state index in [1.54, 1.807) is 12.4 Å². The van der Waals surface area contributed by atoms with E-state index >= 15 is 0 Å². The SMILES string of the molecule is C1CCOC1.CC(C)C1=CC(F)=c2ncn(C(C)C)c2=CC1. The first-order valence-electron chi connectivity index (χ1n) is 8.21. The van der Waals surface area contributed by atoms with E-state index in [1.807, 2.05) is 4.57 Å². The third-order valence-corrected chi connectivity index (χ3v) is 4.03. The Kier molecular flexibility index (Phi) is 5.95. The molecular weight excluding hydrogens is 279 g/mol. The van der Waals surface area contributed by atoms with Gasteiger partial charge in [0.2, 0.25) is 0 Å². The second-order valence-corrected chi connectivity index (χ2v) is 6.43. The summed E-state index contributed by atoms with van der Waals surface area (Å²) in [6, 6.07) is 0.302.